The van der Waals surface area contributed by atoms with Crippen molar-refractivity contribution in [3.05, 3.63) is 52.6 Å². The highest BCUT2D eigenvalue weighted by Crippen LogP contribution is 2.44. The molecule has 3 rings (SSSR count). The Morgan fingerprint density at radius 2 is 1.74 bits per heavy atom. The SMILES string of the molecule is COc1ccc(NC(=O)CSC2=C(C#N)C(c3cc(OC)c(OC)c(OC)c3)CC(=O)N2)cc1. The summed E-state index contributed by atoms with van der Waals surface area (Å²) in [4.78, 5) is 24.9. The summed E-state index contributed by atoms with van der Waals surface area (Å²) in [5.74, 6) is 0.899. The Hall–Kier alpha value is -3.84. The number of amides is 2. The summed E-state index contributed by atoms with van der Waals surface area (Å²) >= 11 is 1.10. The van der Waals surface area contributed by atoms with Crippen molar-refractivity contribution < 1.29 is 28.5 Å². The van der Waals surface area contributed by atoms with E-state index in [1.807, 2.05) is 0 Å². The Labute approximate surface area is 202 Å². The smallest absolute Gasteiger partial charge is 0.234 e. The fourth-order valence-electron chi connectivity index (χ4n) is 3.53. The number of nitriles is 1. The van der Waals surface area contributed by atoms with Crippen molar-refractivity contribution in [1.82, 2.24) is 5.32 Å². The predicted molar refractivity (Wildman–Crippen MR) is 128 cm³/mol. The minimum absolute atomic E-state index is 0.00873. The molecule has 0 saturated heterocycles. The number of thioether (sulfide) groups is 1. The second-order valence-corrected chi connectivity index (χ2v) is 8.17. The number of ether oxygens (including phenoxy) is 4. The molecule has 1 aliphatic heterocycles. The molecule has 9 nitrogen and oxygen atoms in total. The van der Waals surface area contributed by atoms with Gasteiger partial charge in [0, 0.05) is 18.0 Å². The lowest BCUT2D eigenvalue weighted by molar-refractivity contribution is -0.121. The third kappa shape index (κ3) is 5.55. The first-order valence-electron chi connectivity index (χ1n) is 10.2. The van der Waals surface area contributed by atoms with E-state index in [4.69, 9.17) is 18.9 Å². The molecule has 1 aliphatic rings. The molecule has 1 heterocycles. The zero-order valence-electron chi connectivity index (χ0n) is 19.3. The maximum absolute atomic E-state index is 12.5. The average molecular weight is 484 g/mol. The van der Waals surface area contributed by atoms with Crippen LogP contribution in [-0.4, -0.2) is 46.0 Å². The quantitative estimate of drug-likeness (QED) is 0.557. The molecule has 0 aliphatic carbocycles. The van der Waals surface area contributed by atoms with E-state index in [1.54, 1.807) is 43.5 Å². The van der Waals surface area contributed by atoms with Gasteiger partial charge in [-0.2, -0.15) is 5.26 Å². The lowest BCUT2D eigenvalue weighted by Crippen LogP contribution is -2.31. The lowest BCUT2D eigenvalue weighted by Gasteiger charge is -2.26. The topological polar surface area (TPSA) is 119 Å². The number of rotatable bonds is 9. The first-order chi connectivity index (χ1) is 16.4. The first-order valence-corrected chi connectivity index (χ1v) is 11.2. The summed E-state index contributed by atoms with van der Waals surface area (Å²) in [6.45, 7) is 0. The Kier molecular flexibility index (Phi) is 8.27. The molecule has 2 N–H and O–H groups in total. The molecule has 178 valence electrons. The summed E-state index contributed by atoms with van der Waals surface area (Å²) in [7, 11) is 6.06. The fourth-order valence-corrected chi connectivity index (χ4v) is 4.41. The van der Waals surface area contributed by atoms with Crippen LogP contribution in [0.5, 0.6) is 23.0 Å². The van der Waals surface area contributed by atoms with Crippen molar-refractivity contribution in [3.8, 4) is 29.1 Å². The van der Waals surface area contributed by atoms with Crippen LogP contribution in [0.2, 0.25) is 0 Å². The van der Waals surface area contributed by atoms with Crippen LogP contribution in [0.25, 0.3) is 0 Å². The molecular formula is C24H25N3O6S. The Morgan fingerprint density at radius 1 is 1.09 bits per heavy atom. The Morgan fingerprint density at radius 3 is 2.26 bits per heavy atom. The van der Waals surface area contributed by atoms with Gasteiger partial charge in [0.15, 0.2) is 11.5 Å². The molecule has 2 amide bonds. The maximum Gasteiger partial charge on any atom is 0.234 e. The largest absolute Gasteiger partial charge is 0.497 e. The van der Waals surface area contributed by atoms with Gasteiger partial charge in [-0.25, -0.2) is 0 Å². The molecule has 2 aromatic rings. The monoisotopic (exact) mass is 483 g/mol. The standard InChI is InChI=1S/C24H25N3O6S/c1-30-16-7-5-15(6-8-16)26-22(29)13-34-24-18(12-25)17(11-21(28)27-24)14-9-19(31-2)23(33-4)20(10-14)32-3/h5-10,17H,11,13H2,1-4H3,(H,26,29)(H,27,28). The van der Waals surface area contributed by atoms with E-state index in [9.17, 15) is 14.9 Å². The molecule has 10 heteroatoms. The highest BCUT2D eigenvalue weighted by molar-refractivity contribution is 8.03. The van der Waals surface area contributed by atoms with Gasteiger partial charge in [0.1, 0.15) is 5.75 Å². The normalized spacial score (nSPS) is 15.1. The number of methoxy groups -OCH3 is 4. The van der Waals surface area contributed by atoms with Crippen LogP contribution in [0.15, 0.2) is 47.0 Å². The van der Waals surface area contributed by atoms with Gasteiger partial charge in [0.2, 0.25) is 17.6 Å². The molecular weight excluding hydrogens is 458 g/mol. The minimum Gasteiger partial charge on any atom is -0.497 e. The van der Waals surface area contributed by atoms with Gasteiger partial charge in [0.05, 0.1) is 50.9 Å². The van der Waals surface area contributed by atoms with Gasteiger partial charge < -0.3 is 29.6 Å². The summed E-state index contributed by atoms with van der Waals surface area (Å²) in [5, 5.41) is 15.8. The Balaban J connectivity index is 1.83. The van der Waals surface area contributed by atoms with E-state index in [2.05, 4.69) is 16.7 Å². The molecule has 0 bridgehead atoms. The Bertz CT molecular complexity index is 1120. The van der Waals surface area contributed by atoms with Gasteiger partial charge in [-0.15, -0.1) is 0 Å². The van der Waals surface area contributed by atoms with Crippen molar-refractivity contribution in [3.63, 3.8) is 0 Å². The van der Waals surface area contributed by atoms with Crippen LogP contribution in [-0.2, 0) is 9.59 Å². The van der Waals surface area contributed by atoms with Crippen LogP contribution >= 0.6 is 11.8 Å². The second-order valence-electron chi connectivity index (χ2n) is 7.18. The number of hydrogen-bond donors (Lipinski definition) is 2. The fraction of sp³-hybridized carbons (Fsp3) is 0.292. The van der Waals surface area contributed by atoms with E-state index in [0.717, 1.165) is 11.8 Å². The molecule has 1 unspecified atom stereocenters. The predicted octanol–water partition coefficient (Wildman–Crippen LogP) is 3.43. The molecule has 0 spiro atoms. The number of hydrogen-bond acceptors (Lipinski definition) is 8. The molecule has 2 aromatic carbocycles. The van der Waals surface area contributed by atoms with Gasteiger partial charge in [-0.1, -0.05) is 11.8 Å². The van der Waals surface area contributed by atoms with E-state index in [0.29, 0.717) is 44.9 Å². The number of nitrogens with zero attached hydrogens (tertiary/aromatic N) is 1. The van der Waals surface area contributed by atoms with E-state index >= 15 is 0 Å². The number of carbonyl (C=O) groups is 2. The summed E-state index contributed by atoms with van der Waals surface area (Å²) in [6.07, 6.45) is 0.0731. The van der Waals surface area contributed by atoms with Gasteiger partial charge in [-0.05, 0) is 42.0 Å². The molecule has 0 fully saturated rings. The van der Waals surface area contributed by atoms with Crippen molar-refractivity contribution >= 4 is 29.3 Å². The minimum atomic E-state index is -0.528. The van der Waals surface area contributed by atoms with E-state index in [1.165, 1.54) is 21.3 Å². The van der Waals surface area contributed by atoms with Crippen LogP contribution < -0.4 is 29.6 Å². The average Bonchev–Trinajstić information content (AvgIpc) is 2.86. The lowest BCUT2D eigenvalue weighted by atomic mass is 9.86. The number of nitrogens with one attached hydrogen (secondary N) is 2. The first kappa shape index (κ1) is 24.8. The second kappa shape index (κ2) is 11.3. The summed E-state index contributed by atoms with van der Waals surface area (Å²) in [5.41, 5.74) is 1.64. The van der Waals surface area contributed by atoms with E-state index in [-0.39, 0.29) is 24.0 Å². The maximum atomic E-state index is 12.5. The molecule has 0 radical (unpaired) electrons. The van der Waals surface area contributed by atoms with Crippen molar-refractivity contribution in [1.29, 1.82) is 5.26 Å². The third-order valence-electron chi connectivity index (χ3n) is 5.17. The molecule has 34 heavy (non-hydrogen) atoms. The number of carbonyl (C=O) groups excluding carboxylic acids is 2. The zero-order chi connectivity index (χ0) is 24.7. The van der Waals surface area contributed by atoms with Crippen molar-refractivity contribution in [2.24, 2.45) is 0 Å². The van der Waals surface area contributed by atoms with E-state index < -0.39 is 5.92 Å². The van der Waals surface area contributed by atoms with Crippen LogP contribution in [0, 0.1) is 11.3 Å². The van der Waals surface area contributed by atoms with Crippen LogP contribution in [0.4, 0.5) is 5.69 Å². The van der Waals surface area contributed by atoms with Crippen molar-refractivity contribution in [2.45, 2.75) is 12.3 Å². The number of allylic oxidation sites excluding steroid dienone is 1. The van der Waals surface area contributed by atoms with Crippen molar-refractivity contribution in [2.75, 3.05) is 39.5 Å². The molecule has 0 saturated carbocycles. The summed E-state index contributed by atoms with van der Waals surface area (Å²) < 4.78 is 21.3. The van der Waals surface area contributed by atoms with Gasteiger partial charge >= 0.3 is 0 Å². The van der Waals surface area contributed by atoms with Gasteiger partial charge in [0.25, 0.3) is 0 Å². The van der Waals surface area contributed by atoms with Crippen LogP contribution in [0.1, 0.15) is 17.9 Å². The number of anilines is 1. The zero-order valence-corrected chi connectivity index (χ0v) is 20.1. The third-order valence-corrected chi connectivity index (χ3v) is 6.18. The highest BCUT2D eigenvalue weighted by Gasteiger charge is 2.31. The highest BCUT2D eigenvalue weighted by atomic mass is 32.2. The molecule has 1 atom stereocenters. The number of benzene rings is 2. The van der Waals surface area contributed by atoms with Gasteiger partial charge in [-0.3, -0.25) is 9.59 Å². The summed E-state index contributed by atoms with van der Waals surface area (Å²) in [6, 6.07) is 12.6. The van der Waals surface area contributed by atoms with Crippen LogP contribution in [0.3, 0.4) is 0 Å². The molecule has 0 aromatic heterocycles.